The summed E-state index contributed by atoms with van der Waals surface area (Å²) in [6, 6.07) is 16.3. The Balaban J connectivity index is 1.96. The molecule has 5 nitrogen and oxygen atoms in total. The summed E-state index contributed by atoms with van der Waals surface area (Å²) in [5, 5.41) is 20.9. The summed E-state index contributed by atoms with van der Waals surface area (Å²) in [5.41, 5.74) is 4.58. The number of aromatic hydroxyl groups is 1. The molecule has 1 heterocycles. The Morgan fingerprint density at radius 1 is 0.875 bits per heavy atom. The Morgan fingerprint density at radius 2 is 1.56 bits per heavy atom. The first-order chi connectivity index (χ1) is 15.2. The molecule has 0 bridgehead atoms. The number of rotatable bonds is 3. The number of aliphatic hydroxyl groups is 1. The van der Waals surface area contributed by atoms with Crippen LogP contribution in [0.5, 0.6) is 5.75 Å². The molecule has 1 unspecified atom stereocenters. The second-order valence-electron chi connectivity index (χ2n) is 7.99. The fourth-order valence-corrected chi connectivity index (χ4v) is 4.14. The molecule has 0 radical (unpaired) electrons. The minimum atomic E-state index is -0.832. The van der Waals surface area contributed by atoms with Crippen molar-refractivity contribution in [1.29, 1.82) is 0 Å². The number of carbonyl (C=O) groups excluding carboxylic acids is 2. The number of Topliss-reactive ketones (excluding diaryl/α,β-unsaturated/α-hetero) is 1. The maximum atomic E-state index is 13.2. The summed E-state index contributed by atoms with van der Waals surface area (Å²) in [7, 11) is 0. The van der Waals surface area contributed by atoms with Crippen molar-refractivity contribution in [3.8, 4) is 5.75 Å². The Kier molecular flexibility index (Phi) is 5.65. The van der Waals surface area contributed by atoms with Crippen LogP contribution in [0.25, 0.3) is 5.76 Å². The van der Waals surface area contributed by atoms with Gasteiger partial charge in [-0.1, -0.05) is 40.2 Å². The van der Waals surface area contributed by atoms with E-state index in [9.17, 15) is 19.8 Å². The van der Waals surface area contributed by atoms with Crippen LogP contribution in [0.2, 0.25) is 0 Å². The lowest BCUT2D eigenvalue weighted by atomic mass is 9.94. The summed E-state index contributed by atoms with van der Waals surface area (Å²) < 4.78 is 0.875. The van der Waals surface area contributed by atoms with E-state index >= 15 is 0 Å². The molecule has 4 rings (SSSR count). The van der Waals surface area contributed by atoms with E-state index in [0.29, 0.717) is 16.8 Å². The average molecular weight is 492 g/mol. The number of hydrogen-bond donors (Lipinski definition) is 2. The molecule has 6 heteroatoms. The zero-order chi connectivity index (χ0) is 23.2. The minimum absolute atomic E-state index is 0.0145. The molecule has 162 valence electrons. The van der Waals surface area contributed by atoms with Gasteiger partial charge in [0.1, 0.15) is 11.5 Å². The van der Waals surface area contributed by atoms with Gasteiger partial charge < -0.3 is 10.2 Å². The van der Waals surface area contributed by atoms with Gasteiger partial charge in [-0.25, -0.2) is 0 Å². The number of halogens is 1. The number of carbonyl (C=O) groups is 2. The number of aliphatic hydroxyl groups excluding tert-OH is 1. The highest BCUT2D eigenvalue weighted by Crippen LogP contribution is 2.43. The van der Waals surface area contributed by atoms with Gasteiger partial charge in [0.15, 0.2) is 0 Å². The maximum Gasteiger partial charge on any atom is 0.300 e. The van der Waals surface area contributed by atoms with Crippen LogP contribution < -0.4 is 4.90 Å². The lowest BCUT2D eigenvalue weighted by Gasteiger charge is -2.26. The molecule has 32 heavy (non-hydrogen) atoms. The Bertz CT molecular complexity index is 1280. The van der Waals surface area contributed by atoms with E-state index < -0.39 is 17.7 Å². The maximum absolute atomic E-state index is 13.2. The van der Waals surface area contributed by atoms with Crippen LogP contribution in [0.15, 0.2) is 70.7 Å². The topological polar surface area (TPSA) is 77.8 Å². The highest BCUT2D eigenvalue weighted by molar-refractivity contribution is 9.10. The van der Waals surface area contributed by atoms with Gasteiger partial charge in [-0.3, -0.25) is 14.5 Å². The normalized spacial score (nSPS) is 17.8. The molecule has 0 aromatic heterocycles. The van der Waals surface area contributed by atoms with Crippen molar-refractivity contribution in [2.45, 2.75) is 26.8 Å². The molecule has 1 aliphatic heterocycles. The van der Waals surface area contributed by atoms with Gasteiger partial charge in [-0.2, -0.15) is 0 Å². The molecule has 1 saturated heterocycles. The van der Waals surface area contributed by atoms with Crippen molar-refractivity contribution in [3.05, 3.63) is 98.5 Å². The fraction of sp³-hybridized carbons (Fsp3) is 0.154. The highest BCUT2D eigenvalue weighted by atomic mass is 79.9. The summed E-state index contributed by atoms with van der Waals surface area (Å²) in [5.74, 6) is -1.62. The quantitative estimate of drug-likeness (QED) is 0.279. The van der Waals surface area contributed by atoms with Gasteiger partial charge in [0.2, 0.25) is 0 Å². The lowest BCUT2D eigenvalue weighted by Crippen LogP contribution is -2.29. The summed E-state index contributed by atoms with van der Waals surface area (Å²) >= 11 is 3.44. The van der Waals surface area contributed by atoms with Crippen molar-refractivity contribution in [2.75, 3.05) is 4.90 Å². The van der Waals surface area contributed by atoms with Crippen LogP contribution in [0, 0.1) is 20.8 Å². The molecular formula is C26H22BrNO4. The third-order valence-electron chi connectivity index (χ3n) is 5.85. The number of hydrogen-bond acceptors (Lipinski definition) is 4. The van der Waals surface area contributed by atoms with E-state index in [0.717, 1.165) is 21.2 Å². The molecule has 1 aliphatic rings. The second kappa shape index (κ2) is 8.28. The van der Waals surface area contributed by atoms with Crippen LogP contribution in [-0.2, 0) is 9.59 Å². The fourth-order valence-electron chi connectivity index (χ4n) is 3.89. The predicted octanol–water partition coefficient (Wildman–Crippen LogP) is 5.71. The van der Waals surface area contributed by atoms with Gasteiger partial charge in [-0.15, -0.1) is 0 Å². The van der Waals surface area contributed by atoms with Crippen LogP contribution in [0.1, 0.15) is 33.9 Å². The predicted molar refractivity (Wildman–Crippen MR) is 128 cm³/mol. The largest absolute Gasteiger partial charge is 0.508 e. The standard InChI is InChI=1S/C26H22BrNO4/c1-14-4-8-19(13-15(14)2)28-23(17-5-9-20(29)10-6-17)22(25(31)26(28)32)24(30)18-7-11-21(27)16(3)12-18/h4-13,23,29-30H,1-3H3/b24-22+. The van der Waals surface area contributed by atoms with E-state index in [1.54, 1.807) is 36.4 Å². The molecule has 1 fully saturated rings. The van der Waals surface area contributed by atoms with Crippen molar-refractivity contribution in [2.24, 2.45) is 0 Å². The second-order valence-corrected chi connectivity index (χ2v) is 8.85. The van der Waals surface area contributed by atoms with Gasteiger partial charge in [0, 0.05) is 15.7 Å². The number of anilines is 1. The highest BCUT2D eigenvalue weighted by Gasteiger charge is 2.47. The van der Waals surface area contributed by atoms with E-state index in [-0.39, 0.29) is 17.1 Å². The van der Waals surface area contributed by atoms with Crippen molar-refractivity contribution >= 4 is 39.1 Å². The van der Waals surface area contributed by atoms with Crippen molar-refractivity contribution < 1.29 is 19.8 Å². The molecule has 1 atom stereocenters. The number of phenolic OH excluding ortho intramolecular Hbond substituents is 1. The van der Waals surface area contributed by atoms with Gasteiger partial charge in [0.25, 0.3) is 11.7 Å². The third kappa shape index (κ3) is 3.71. The molecule has 3 aromatic rings. The summed E-state index contributed by atoms with van der Waals surface area (Å²) in [6.07, 6.45) is 0. The van der Waals surface area contributed by atoms with Gasteiger partial charge in [-0.05, 0) is 79.4 Å². The number of amides is 1. The van der Waals surface area contributed by atoms with E-state index in [2.05, 4.69) is 15.9 Å². The smallest absolute Gasteiger partial charge is 0.300 e. The van der Waals surface area contributed by atoms with Crippen LogP contribution in [0.3, 0.4) is 0 Å². The number of aryl methyl sites for hydroxylation is 3. The number of nitrogens with zero attached hydrogens (tertiary/aromatic N) is 1. The Hall–Kier alpha value is -3.38. The van der Waals surface area contributed by atoms with Crippen molar-refractivity contribution in [3.63, 3.8) is 0 Å². The molecule has 2 N–H and O–H groups in total. The monoisotopic (exact) mass is 491 g/mol. The average Bonchev–Trinajstić information content (AvgIpc) is 3.03. The van der Waals surface area contributed by atoms with Crippen LogP contribution in [0.4, 0.5) is 5.69 Å². The molecule has 3 aromatic carbocycles. The first-order valence-corrected chi connectivity index (χ1v) is 10.9. The summed E-state index contributed by atoms with van der Waals surface area (Å²) in [6.45, 7) is 5.79. The molecule has 0 spiro atoms. The zero-order valence-corrected chi connectivity index (χ0v) is 19.5. The van der Waals surface area contributed by atoms with Gasteiger partial charge in [0.05, 0.1) is 11.6 Å². The molecule has 1 amide bonds. The Labute approximate surface area is 194 Å². The molecule has 0 saturated carbocycles. The van der Waals surface area contributed by atoms with Gasteiger partial charge >= 0.3 is 0 Å². The zero-order valence-electron chi connectivity index (χ0n) is 17.9. The lowest BCUT2D eigenvalue weighted by molar-refractivity contribution is -0.132. The third-order valence-corrected chi connectivity index (χ3v) is 6.74. The van der Waals surface area contributed by atoms with E-state index in [1.165, 1.54) is 17.0 Å². The molecular weight excluding hydrogens is 470 g/mol. The van der Waals surface area contributed by atoms with E-state index in [1.807, 2.05) is 32.9 Å². The number of benzene rings is 3. The number of phenols is 1. The first kappa shape index (κ1) is 21.8. The first-order valence-electron chi connectivity index (χ1n) is 10.1. The minimum Gasteiger partial charge on any atom is -0.508 e. The van der Waals surface area contributed by atoms with Crippen LogP contribution >= 0.6 is 15.9 Å². The van der Waals surface area contributed by atoms with E-state index in [4.69, 9.17) is 0 Å². The molecule has 0 aliphatic carbocycles. The number of ketones is 1. The Morgan fingerprint density at radius 3 is 2.19 bits per heavy atom. The SMILES string of the molecule is Cc1ccc(N2C(=O)C(=O)/C(=C(/O)c3ccc(Br)c(C)c3)C2c2ccc(O)cc2)cc1C. The van der Waals surface area contributed by atoms with Crippen molar-refractivity contribution in [1.82, 2.24) is 0 Å². The van der Waals surface area contributed by atoms with Crippen LogP contribution in [-0.4, -0.2) is 21.9 Å². The summed E-state index contributed by atoms with van der Waals surface area (Å²) in [4.78, 5) is 27.8.